The second kappa shape index (κ2) is 7.86. The maximum atomic E-state index is 12.7. The predicted molar refractivity (Wildman–Crippen MR) is 90.0 cm³/mol. The molecule has 0 amide bonds. The Kier molecular flexibility index (Phi) is 5.35. The number of halogens is 3. The van der Waals surface area contributed by atoms with Crippen molar-refractivity contribution in [3.05, 3.63) is 77.7 Å². The van der Waals surface area contributed by atoms with Gasteiger partial charge in [-0.1, -0.05) is 30.3 Å². The Balaban J connectivity index is 1.57. The van der Waals surface area contributed by atoms with Gasteiger partial charge >= 0.3 is 12.1 Å². The van der Waals surface area contributed by atoms with E-state index in [9.17, 15) is 18.0 Å². The van der Waals surface area contributed by atoms with Crippen LogP contribution < -0.4 is 0 Å². The zero-order valence-electron chi connectivity index (χ0n) is 13.8. The lowest BCUT2D eigenvalue weighted by Gasteiger charge is -2.06. The van der Waals surface area contributed by atoms with Gasteiger partial charge in [-0.15, -0.1) is 10.2 Å². The molecule has 138 valence electrons. The summed E-state index contributed by atoms with van der Waals surface area (Å²) >= 11 is 0. The molecule has 27 heavy (non-hydrogen) atoms. The van der Waals surface area contributed by atoms with Gasteiger partial charge in [0, 0.05) is 11.6 Å². The van der Waals surface area contributed by atoms with E-state index in [2.05, 4.69) is 10.2 Å². The molecular formula is C19H13F3N2O3. The standard InChI is InChI=1S/C19H13F3N2O3/c20-19(21,22)15-8-4-5-13(11-15)9-10-17(25)26-12-16-23-24-18(27-16)14-6-2-1-3-7-14/h1-11H,12H2/b10-9+. The van der Waals surface area contributed by atoms with Crippen LogP contribution in [0.5, 0.6) is 0 Å². The van der Waals surface area contributed by atoms with Crippen molar-refractivity contribution in [1.29, 1.82) is 0 Å². The summed E-state index contributed by atoms with van der Waals surface area (Å²) in [6.45, 7) is -0.244. The zero-order valence-corrected chi connectivity index (χ0v) is 13.8. The smallest absolute Gasteiger partial charge is 0.416 e. The summed E-state index contributed by atoms with van der Waals surface area (Å²) in [7, 11) is 0. The minimum Gasteiger partial charge on any atom is -0.452 e. The van der Waals surface area contributed by atoms with Crippen molar-refractivity contribution in [3.63, 3.8) is 0 Å². The van der Waals surface area contributed by atoms with Crippen LogP contribution in [0.25, 0.3) is 17.5 Å². The van der Waals surface area contributed by atoms with Gasteiger partial charge < -0.3 is 9.15 Å². The molecule has 0 bridgehead atoms. The van der Waals surface area contributed by atoms with Crippen LogP contribution in [0.15, 0.2) is 65.1 Å². The normalized spacial score (nSPS) is 11.7. The Morgan fingerprint density at radius 2 is 1.85 bits per heavy atom. The summed E-state index contributed by atoms with van der Waals surface area (Å²) in [5.74, 6) is -0.345. The molecule has 0 aliphatic carbocycles. The van der Waals surface area contributed by atoms with Gasteiger partial charge in [-0.2, -0.15) is 13.2 Å². The van der Waals surface area contributed by atoms with Gasteiger partial charge in [0.2, 0.25) is 5.89 Å². The van der Waals surface area contributed by atoms with Gasteiger partial charge in [-0.05, 0) is 35.9 Å². The van der Waals surface area contributed by atoms with E-state index in [-0.39, 0.29) is 18.1 Å². The Morgan fingerprint density at radius 3 is 2.59 bits per heavy atom. The second-order valence-corrected chi connectivity index (χ2v) is 5.43. The molecule has 0 aliphatic heterocycles. The Labute approximate surface area is 152 Å². The summed E-state index contributed by atoms with van der Waals surface area (Å²) in [5.41, 5.74) is 0.162. The Hall–Kier alpha value is -3.42. The van der Waals surface area contributed by atoms with E-state index in [0.29, 0.717) is 5.89 Å². The summed E-state index contributed by atoms with van der Waals surface area (Å²) in [4.78, 5) is 11.7. The number of carbonyl (C=O) groups excluding carboxylic acids is 1. The molecule has 1 aromatic heterocycles. The van der Waals surface area contributed by atoms with Crippen LogP contribution in [-0.4, -0.2) is 16.2 Å². The van der Waals surface area contributed by atoms with Gasteiger partial charge in [0.05, 0.1) is 5.56 Å². The molecule has 0 radical (unpaired) electrons. The lowest BCUT2D eigenvalue weighted by Crippen LogP contribution is -2.04. The Bertz CT molecular complexity index is 950. The van der Waals surface area contributed by atoms with Crippen LogP contribution in [0, 0.1) is 0 Å². The first kappa shape index (κ1) is 18.4. The minimum atomic E-state index is -4.45. The topological polar surface area (TPSA) is 65.2 Å². The highest BCUT2D eigenvalue weighted by Gasteiger charge is 2.30. The quantitative estimate of drug-likeness (QED) is 0.486. The molecule has 1 heterocycles. The van der Waals surface area contributed by atoms with Crippen LogP contribution >= 0.6 is 0 Å². The van der Waals surface area contributed by atoms with E-state index >= 15 is 0 Å². The van der Waals surface area contributed by atoms with Crippen molar-refractivity contribution in [3.8, 4) is 11.5 Å². The summed E-state index contributed by atoms with van der Waals surface area (Å²) in [6, 6.07) is 13.7. The molecule has 0 saturated carbocycles. The highest BCUT2D eigenvalue weighted by atomic mass is 19.4. The first-order valence-electron chi connectivity index (χ1n) is 7.82. The largest absolute Gasteiger partial charge is 0.452 e. The third-order valence-corrected chi connectivity index (χ3v) is 3.45. The molecule has 8 heteroatoms. The van der Waals surface area contributed by atoms with Gasteiger partial charge in [-0.25, -0.2) is 4.79 Å². The van der Waals surface area contributed by atoms with E-state index in [1.54, 1.807) is 12.1 Å². The molecule has 0 aliphatic rings. The molecule has 3 aromatic rings. The van der Waals surface area contributed by atoms with Crippen molar-refractivity contribution in [2.75, 3.05) is 0 Å². The molecule has 5 nitrogen and oxygen atoms in total. The fraction of sp³-hybridized carbons (Fsp3) is 0.105. The predicted octanol–water partition coefficient (Wildman–Crippen LogP) is 4.51. The van der Waals surface area contributed by atoms with Crippen molar-refractivity contribution < 1.29 is 27.1 Å². The van der Waals surface area contributed by atoms with Gasteiger partial charge in [-0.3, -0.25) is 0 Å². The van der Waals surface area contributed by atoms with Gasteiger partial charge in [0.15, 0.2) is 6.61 Å². The van der Waals surface area contributed by atoms with Crippen LogP contribution in [0.3, 0.4) is 0 Å². The molecule has 2 aromatic carbocycles. The first-order chi connectivity index (χ1) is 12.9. The molecule has 0 N–H and O–H groups in total. The minimum absolute atomic E-state index is 0.106. The number of rotatable bonds is 5. The second-order valence-electron chi connectivity index (χ2n) is 5.43. The third kappa shape index (κ3) is 5.04. The van der Waals surface area contributed by atoms with E-state index in [4.69, 9.17) is 9.15 Å². The lowest BCUT2D eigenvalue weighted by atomic mass is 10.1. The summed E-state index contributed by atoms with van der Waals surface area (Å²) in [5, 5.41) is 7.64. The maximum Gasteiger partial charge on any atom is 0.416 e. The fourth-order valence-electron chi connectivity index (χ4n) is 2.17. The van der Waals surface area contributed by atoms with E-state index < -0.39 is 17.7 Å². The van der Waals surface area contributed by atoms with Crippen molar-refractivity contribution >= 4 is 12.0 Å². The summed E-state index contributed by atoms with van der Waals surface area (Å²) in [6.07, 6.45) is -2.18. The number of hydrogen-bond donors (Lipinski definition) is 0. The number of aromatic nitrogens is 2. The molecule has 0 saturated heterocycles. The van der Waals surface area contributed by atoms with E-state index in [0.717, 1.165) is 23.8 Å². The number of hydrogen-bond acceptors (Lipinski definition) is 5. The molecular weight excluding hydrogens is 361 g/mol. The first-order valence-corrected chi connectivity index (χ1v) is 7.82. The van der Waals surface area contributed by atoms with Crippen molar-refractivity contribution in [2.24, 2.45) is 0 Å². The van der Waals surface area contributed by atoms with Gasteiger partial charge in [0.1, 0.15) is 0 Å². The van der Waals surface area contributed by atoms with E-state index in [1.807, 2.05) is 18.2 Å². The van der Waals surface area contributed by atoms with Crippen LogP contribution in [0.2, 0.25) is 0 Å². The third-order valence-electron chi connectivity index (χ3n) is 3.45. The summed E-state index contributed by atoms with van der Waals surface area (Å²) < 4.78 is 48.3. The monoisotopic (exact) mass is 374 g/mol. The molecule has 0 unspecified atom stereocenters. The number of benzene rings is 2. The fourth-order valence-corrected chi connectivity index (χ4v) is 2.17. The van der Waals surface area contributed by atoms with Crippen LogP contribution in [0.1, 0.15) is 17.0 Å². The average Bonchev–Trinajstić information content (AvgIpc) is 3.14. The van der Waals surface area contributed by atoms with Crippen molar-refractivity contribution in [1.82, 2.24) is 10.2 Å². The number of carbonyl (C=O) groups is 1. The molecule has 0 atom stereocenters. The van der Waals surface area contributed by atoms with Gasteiger partial charge in [0.25, 0.3) is 5.89 Å². The van der Waals surface area contributed by atoms with Crippen molar-refractivity contribution in [2.45, 2.75) is 12.8 Å². The van der Waals surface area contributed by atoms with Crippen LogP contribution in [-0.2, 0) is 22.3 Å². The van der Waals surface area contributed by atoms with Crippen LogP contribution in [0.4, 0.5) is 13.2 Å². The van der Waals surface area contributed by atoms with E-state index in [1.165, 1.54) is 18.2 Å². The average molecular weight is 374 g/mol. The zero-order chi connectivity index (χ0) is 19.3. The number of esters is 1. The number of alkyl halides is 3. The maximum absolute atomic E-state index is 12.7. The molecule has 0 spiro atoms. The molecule has 3 rings (SSSR count). The SMILES string of the molecule is O=C(/C=C/c1cccc(C(F)(F)F)c1)OCc1nnc(-c2ccccc2)o1. The Morgan fingerprint density at radius 1 is 1.07 bits per heavy atom. The highest BCUT2D eigenvalue weighted by Crippen LogP contribution is 2.29. The highest BCUT2D eigenvalue weighted by molar-refractivity contribution is 5.87. The lowest BCUT2D eigenvalue weighted by molar-refractivity contribution is -0.139. The number of ether oxygens (including phenoxy) is 1. The number of nitrogens with zero attached hydrogens (tertiary/aromatic N) is 2. The molecule has 0 fully saturated rings.